The highest BCUT2D eigenvalue weighted by atomic mass is 35.5. The van der Waals surface area contributed by atoms with Gasteiger partial charge in [0.05, 0.1) is 40.5 Å². The van der Waals surface area contributed by atoms with Crippen LogP contribution in [0.15, 0.2) is 53.4 Å². The van der Waals surface area contributed by atoms with Crippen molar-refractivity contribution in [2.24, 2.45) is 0 Å². The summed E-state index contributed by atoms with van der Waals surface area (Å²) in [5.41, 5.74) is -1.57. The second-order valence-electron chi connectivity index (χ2n) is 7.00. The molecule has 2 aromatic rings. The molecule has 0 aliphatic carbocycles. The predicted octanol–water partition coefficient (Wildman–Crippen LogP) is 2.77. The van der Waals surface area contributed by atoms with Gasteiger partial charge in [0, 0.05) is 13.1 Å². The number of morpholine rings is 1. The lowest BCUT2D eigenvalue weighted by molar-refractivity contribution is -0.138. The largest absolute Gasteiger partial charge is 0.416 e. The van der Waals surface area contributed by atoms with Gasteiger partial charge in [-0.05, 0) is 30.3 Å². The lowest BCUT2D eigenvalue weighted by Gasteiger charge is -2.34. The third-order valence-electron chi connectivity index (χ3n) is 4.85. The minimum atomic E-state index is -4.75. The van der Waals surface area contributed by atoms with Gasteiger partial charge in [-0.2, -0.15) is 13.2 Å². The van der Waals surface area contributed by atoms with E-state index in [9.17, 15) is 31.5 Å². The molecule has 1 fully saturated rings. The summed E-state index contributed by atoms with van der Waals surface area (Å²) in [4.78, 5) is 14.0. The summed E-state index contributed by atoms with van der Waals surface area (Å²) in [6, 6.07) is 9.29. The van der Waals surface area contributed by atoms with Gasteiger partial charge in [0.15, 0.2) is 0 Å². The number of nitrogens with zero attached hydrogens (tertiary/aromatic N) is 2. The Labute approximate surface area is 188 Å². The van der Waals surface area contributed by atoms with Crippen LogP contribution in [-0.4, -0.2) is 63.3 Å². The van der Waals surface area contributed by atoms with E-state index >= 15 is 0 Å². The zero-order valence-corrected chi connectivity index (χ0v) is 18.2. The molecule has 1 amide bonds. The van der Waals surface area contributed by atoms with Gasteiger partial charge < -0.3 is 14.7 Å². The smallest absolute Gasteiger partial charge is 0.394 e. The van der Waals surface area contributed by atoms with E-state index in [1.807, 2.05) is 0 Å². The second-order valence-corrected chi connectivity index (χ2v) is 9.27. The molecule has 3 rings (SSSR count). The van der Waals surface area contributed by atoms with E-state index in [-0.39, 0.29) is 36.2 Å². The fourth-order valence-electron chi connectivity index (χ4n) is 3.18. The molecule has 0 radical (unpaired) electrons. The highest BCUT2D eigenvalue weighted by Crippen LogP contribution is 2.37. The number of carbonyl (C=O) groups excluding carboxylic acids is 1. The summed E-state index contributed by atoms with van der Waals surface area (Å²) in [6.45, 7) is -0.825. The average molecular weight is 493 g/mol. The number of hydrogen-bond acceptors (Lipinski definition) is 5. The molecule has 12 heteroatoms. The first-order valence-electron chi connectivity index (χ1n) is 9.49. The van der Waals surface area contributed by atoms with Crippen molar-refractivity contribution in [3.63, 3.8) is 0 Å². The molecule has 0 spiro atoms. The first kappa shape index (κ1) is 24.3. The van der Waals surface area contributed by atoms with Crippen molar-refractivity contribution in [3.8, 4) is 0 Å². The number of halogens is 4. The molecule has 1 N–H and O–H groups in total. The van der Waals surface area contributed by atoms with Crippen molar-refractivity contribution < 1.29 is 36.2 Å². The lowest BCUT2D eigenvalue weighted by atomic mass is 10.2. The summed E-state index contributed by atoms with van der Waals surface area (Å²) in [5, 5.41) is 9.01. The first-order valence-corrected chi connectivity index (χ1v) is 11.3. The number of alkyl halides is 3. The number of hydrogen-bond donors (Lipinski definition) is 1. The standard InChI is InChI=1S/C20H20ClF3N2O5S/c21-17-7-6-14(20(22,23)24)10-18(17)26(32(29,30)16-4-2-1-3-5-16)12-19(28)25-8-9-31-15(11-25)13-27/h1-7,10,15,27H,8-9,11-13H2. The van der Waals surface area contributed by atoms with E-state index in [0.29, 0.717) is 10.4 Å². The van der Waals surface area contributed by atoms with Gasteiger partial charge in [-0.1, -0.05) is 29.8 Å². The van der Waals surface area contributed by atoms with Crippen LogP contribution in [-0.2, 0) is 25.7 Å². The number of ether oxygens (including phenoxy) is 1. The predicted molar refractivity (Wildman–Crippen MR) is 111 cm³/mol. The van der Waals surface area contributed by atoms with Crippen molar-refractivity contribution in [2.75, 3.05) is 37.2 Å². The van der Waals surface area contributed by atoms with Crippen molar-refractivity contribution in [2.45, 2.75) is 17.2 Å². The van der Waals surface area contributed by atoms with Gasteiger partial charge in [0.25, 0.3) is 10.0 Å². The summed E-state index contributed by atoms with van der Waals surface area (Å²) >= 11 is 6.10. The van der Waals surface area contributed by atoms with Gasteiger partial charge in [-0.3, -0.25) is 9.10 Å². The van der Waals surface area contributed by atoms with Crippen LogP contribution in [0, 0.1) is 0 Å². The van der Waals surface area contributed by atoms with E-state index in [0.717, 1.165) is 12.1 Å². The maximum absolute atomic E-state index is 13.3. The Morgan fingerprint density at radius 1 is 1.22 bits per heavy atom. The lowest BCUT2D eigenvalue weighted by Crippen LogP contribution is -2.50. The van der Waals surface area contributed by atoms with Crippen LogP contribution >= 0.6 is 11.6 Å². The topological polar surface area (TPSA) is 87.2 Å². The fourth-order valence-corrected chi connectivity index (χ4v) is 4.89. The third-order valence-corrected chi connectivity index (χ3v) is 6.94. The van der Waals surface area contributed by atoms with Crippen LogP contribution < -0.4 is 4.31 Å². The van der Waals surface area contributed by atoms with Crippen molar-refractivity contribution in [3.05, 3.63) is 59.1 Å². The number of carbonyl (C=O) groups is 1. The van der Waals surface area contributed by atoms with Crippen molar-refractivity contribution >= 4 is 33.2 Å². The third kappa shape index (κ3) is 5.34. The maximum Gasteiger partial charge on any atom is 0.416 e. The Hall–Kier alpha value is -2.34. The van der Waals surface area contributed by atoms with E-state index in [1.165, 1.54) is 29.2 Å². The molecular weight excluding hydrogens is 473 g/mol. The highest BCUT2D eigenvalue weighted by Gasteiger charge is 2.35. The Kier molecular flexibility index (Phi) is 7.33. The maximum atomic E-state index is 13.3. The Morgan fingerprint density at radius 2 is 1.91 bits per heavy atom. The van der Waals surface area contributed by atoms with Crippen LogP contribution in [0.1, 0.15) is 5.56 Å². The Morgan fingerprint density at radius 3 is 2.53 bits per heavy atom. The van der Waals surface area contributed by atoms with Gasteiger partial charge in [-0.15, -0.1) is 0 Å². The van der Waals surface area contributed by atoms with Crippen molar-refractivity contribution in [1.82, 2.24) is 4.90 Å². The zero-order chi connectivity index (χ0) is 23.5. The van der Waals surface area contributed by atoms with Crippen LogP contribution in [0.4, 0.5) is 18.9 Å². The number of sulfonamides is 1. The van der Waals surface area contributed by atoms with E-state index in [2.05, 4.69) is 0 Å². The zero-order valence-electron chi connectivity index (χ0n) is 16.6. The van der Waals surface area contributed by atoms with Gasteiger partial charge in [0.2, 0.25) is 5.91 Å². The summed E-state index contributed by atoms with van der Waals surface area (Å²) in [6.07, 6.45) is -5.38. The molecule has 0 aromatic heterocycles. The number of amides is 1. The van der Waals surface area contributed by atoms with Gasteiger partial charge in [0.1, 0.15) is 6.54 Å². The molecule has 1 atom stereocenters. The van der Waals surface area contributed by atoms with Crippen LogP contribution in [0.25, 0.3) is 0 Å². The van der Waals surface area contributed by atoms with E-state index < -0.39 is 46.0 Å². The summed E-state index contributed by atoms with van der Waals surface area (Å²) < 4.78 is 72.4. The van der Waals surface area contributed by atoms with E-state index in [4.69, 9.17) is 16.3 Å². The molecule has 32 heavy (non-hydrogen) atoms. The molecule has 1 heterocycles. The normalized spacial score (nSPS) is 17.3. The number of anilines is 1. The first-order chi connectivity index (χ1) is 15.0. The fraction of sp³-hybridized carbons (Fsp3) is 0.350. The number of benzene rings is 2. The molecule has 1 unspecified atom stereocenters. The van der Waals surface area contributed by atoms with Crippen molar-refractivity contribution in [1.29, 1.82) is 0 Å². The van der Waals surface area contributed by atoms with Gasteiger partial charge in [-0.25, -0.2) is 8.42 Å². The number of rotatable bonds is 6. The summed E-state index contributed by atoms with van der Waals surface area (Å²) in [5.74, 6) is -0.667. The molecule has 7 nitrogen and oxygen atoms in total. The second kappa shape index (κ2) is 9.65. The molecule has 174 valence electrons. The average Bonchev–Trinajstić information content (AvgIpc) is 2.77. The van der Waals surface area contributed by atoms with Crippen LogP contribution in [0.3, 0.4) is 0 Å². The summed E-state index contributed by atoms with van der Waals surface area (Å²) in [7, 11) is -4.44. The molecular formula is C20H20ClF3N2O5S. The van der Waals surface area contributed by atoms with Crippen LogP contribution in [0.2, 0.25) is 5.02 Å². The Bertz CT molecular complexity index is 1070. The monoisotopic (exact) mass is 492 g/mol. The quantitative estimate of drug-likeness (QED) is 0.670. The van der Waals surface area contributed by atoms with Gasteiger partial charge >= 0.3 is 6.18 Å². The molecule has 1 saturated heterocycles. The Balaban J connectivity index is 2.04. The molecule has 0 bridgehead atoms. The minimum Gasteiger partial charge on any atom is -0.394 e. The number of aliphatic hydroxyl groups excluding tert-OH is 1. The molecule has 1 aliphatic rings. The van der Waals surface area contributed by atoms with E-state index in [1.54, 1.807) is 6.07 Å². The van der Waals surface area contributed by atoms with Crippen LogP contribution in [0.5, 0.6) is 0 Å². The number of aliphatic hydroxyl groups is 1. The molecule has 1 aliphatic heterocycles. The highest BCUT2D eigenvalue weighted by molar-refractivity contribution is 7.92. The SMILES string of the molecule is O=C(CN(c1cc(C(F)(F)F)ccc1Cl)S(=O)(=O)c1ccccc1)N1CCOC(CO)C1. The minimum absolute atomic E-state index is 0.0187. The molecule has 2 aromatic carbocycles. The molecule has 0 saturated carbocycles.